The van der Waals surface area contributed by atoms with E-state index in [1.165, 1.54) is 6.07 Å². The Kier molecular flexibility index (Phi) is 4.17. The summed E-state index contributed by atoms with van der Waals surface area (Å²) in [6.45, 7) is 3.53. The van der Waals surface area contributed by atoms with Crippen molar-refractivity contribution in [2.75, 3.05) is 0 Å². The highest BCUT2D eigenvalue weighted by molar-refractivity contribution is 7.91. The topological polar surface area (TPSA) is 101 Å². The summed E-state index contributed by atoms with van der Waals surface area (Å²) in [7, 11) is -1.96. The Morgan fingerprint density at radius 2 is 2.14 bits per heavy atom. The number of carbonyl (C=O) groups is 1. The van der Waals surface area contributed by atoms with E-state index in [2.05, 4.69) is 9.82 Å². The highest BCUT2D eigenvalue weighted by atomic mass is 32.2. The first-order chi connectivity index (χ1) is 9.72. The lowest BCUT2D eigenvalue weighted by atomic mass is 10.3. The smallest absolute Gasteiger partial charge is 0.346 e. The van der Waals surface area contributed by atoms with Gasteiger partial charge in [-0.2, -0.15) is 5.10 Å². The van der Waals surface area contributed by atoms with Crippen molar-refractivity contribution in [3.05, 3.63) is 34.0 Å². The van der Waals surface area contributed by atoms with Crippen LogP contribution in [0.3, 0.4) is 0 Å². The second-order valence-corrected chi connectivity index (χ2v) is 7.63. The number of thiophene rings is 1. The van der Waals surface area contributed by atoms with Crippen LogP contribution in [0.4, 0.5) is 0 Å². The molecule has 0 aliphatic heterocycles. The maximum Gasteiger partial charge on any atom is 0.346 e. The number of aromatic nitrogens is 2. The Balaban J connectivity index is 2.21. The number of carboxylic acids is 1. The maximum atomic E-state index is 12.2. The van der Waals surface area contributed by atoms with Crippen molar-refractivity contribution < 1.29 is 18.3 Å². The largest absolute Gasteiger partial charge is 0.477 e. The van der Waals surface area contributed by atoms with Crippen molar-refractivity contribution in [1.82, 2.24) is 14.5 Å². The van der Waals surface area contributed by atoms with E-state index in [0.717, 1.165) is 22.6 Å². The number of nitrogens with one attached hydrogen (secondary N) is 1. The van der Waals surface area contributed by atoms with Gasteiger partial charge >= 0.3 is 5.97 Å². The molecule has 2 rings (SSSR count). The van der Waals surface area contributed by atoms with Crippen LogP contribution in [0.1, 0.15) is 26.5 Å². The van der Waals surface area contributed by atoms with Crippen LogP contribution in [0.2, 0.25) is 0 Å². The van der Waals surface area contributed by atoms with Crippen LogP contribution in [-0.4, -0.2) is 29.3 Å². The molecule has 0 amide bonds. The lowest BCUT2D eigenvalue weighted by Crippen LogP contribution is -2.22. The van der Waals surface area contributed by atoms with E-state index in [1.54, 1.807) is 24.9 Å². The summed E-state index contributed by atoms with van der Waals surface area (Å²) in [5.74, 6) is -1.12. The predicted octanol–water partition coefficient (Wildman–Crippen LogP) is 1.28. The minimum absolute atomic E-state index is 0.000978. The first-order valence-electron chi connectivity index (χ1n) is 6.03. The average Bonchev–Trinajstić information content (AvgIpc) is 2.93. The second kappa shape index (κ2) is 5.58. The highest BCUT2D eigenvalue weighted by Crippen LogP contribution is 2.26. The molecule has 0 aliphatic rings. The number of hydrogen-bond donors (Lipinski definition) is 2. The molecule has 2 N–H and O–H groups in total. The summed E-state index contributed by atoms with van der Waals surface area (Å²) in [5, 5.41) is 13.0. The summed E-state index contributed by atoms with van der Waals surface area (Å²) in [4.78, 5) is 11.0. The third-order valence-electron chi connectivity index (χ3n) is 3.14. The molecule has 0 fully saturated rings. The van der Waals surface area contributed by atoms with Gasteiger partial charge in [-0.1, -0.05) is 0 Å². The van der Waals surface area contributed by atoms with E-state index in [1.807, 2.05) is 6.92 Å². The molecular weight excluding hydrogens is 314 g/mol. The molecule has 0 saturated heterocycles. The summed E-state index contributed by atoms with van der Waals surface area (Å²) in [6.07, 6.45) is 1.60. The van der Waals surface area contributed by atoms with Crippen molar-refractivity contribution in [3.8, 4) is 0 Å². The SMILES string of the molecule is Cc1cc(S(=O)(=O)NCc2cnn(C)c2C)sc1C(=O)O. The molecule has 0 spiro atoms. The van der Waals surface area contributed by atoms with E-state index in [0.29, 0.717) is 5.56 Å². The molecule has 0 atom stereocenters. The minimum Gasteiger partial charge on any atom is -0.477 e. The molecule has 0 aromatic carbocycles. The fourth-order valence-corrected chi connectivity index (χ4v) is 4.19. The van der Waals surface area contributed by atoms with Crippen molar-refractivity contribution in [3.63, 3.8) is 0 Å². The summed E-state index contributed by atoms with van der Waals surface area (Å²) in [5.41, 5.74) is 2.07. The van der Waals surface area contributed by atoms with Gasteiger partial charge in [0.15, 0.2) is 0 Å². The normalized spacial score (nSPS) is 11.8. The number of hydrogen-bond acceptors (Lipinski definition) is 5. The zero-order valence-electron chi connectivity index (χ0n) is 11.7. The molecule has 2 heterocycles. The molecule has 0 bridgehead atoms. The van der Waals surface area contributed by atoms with Gasteiger partial charge in [0, 0.05) is 24.8 Å². The molecule has 2 aromatic heterocycles. The lowest BCUT2D eigenvalue weighted by Gasteiger charge is -2.04. The number of carboxylic acid groups (broad SMARTS) is 1. The van der Waals surface area contributed by atoms with E-state index < -0.39 is 16.0 Å². The van der Waals surface area contributed by atoms with Crippen LogP contribution in [0.5, 0.6) is 0 Å². The summed E-state index contributed by atoms with van der Waals surface area (Å²) in [6, 6.07) is 1.37. The third-order valence-corrected chi connectivity index (χ3v) is 6.24. The van der Waals surface area contributed by atoms with Crippen LogP contribution in [0.15, 0.2) is 16.5 Å². The first-order valence-corrected chi connectivity index (χ1v) is 8.33. The number of rotatable bonds is 5. The molecule has 2 aromatic rings. The number of aryl methyl sites for hydroxylation is 2. The van der Waals surface area contributed by atoms with Gasteiger partial charge in [0.1, 0.15) is 9.09 Å². The first kappa shape index (κ1) is 15.7. The van der Waals surface area contributed by atoms with Crippen molar-refractivity contribution in [2.45, 2.75) is 24.6 Å². The minimum atomic E-state index is -3.73. The van der Waals surface area contributed by atoms with E-state index in [4.69, 9.17) is 5.11 Å². The van der Waals surface area contributed by atoms with Gasteiger partial charge in [-0.05, 0) is 25.5 Å². The van der Waals surface area contributed by atoms with Crippen LogP contribution in [0, 0.1) is 13.8 Å². The number of sulfonamides is 1. The molecule has 0 unspecified atom stereocenters. The van der Waals surface area contributed by atoms with Gasteiger partial charge in [-0.25, -0.2) is 17.9 Å². The maximum absolute atomic E-state index is 12.2. The molecule has 7 nitrogen and oxygen atoms in total. The van der Waals surface area contributed by atoms with Gasteiger partial charge < -0.3 is 5.11 Å². The molecule has 0 aliphatic carbocycles. The van der Waals surface area contributed by atoms with Gasteiger partial charge in [-0.3, -0.25) is 4.68 Å². The lowest BCUT2D eigenvalue weighted by molar-refractivity contribution is 0.0701. The standard InChI is InChI=1S/C12H15N3O4S2/c1-7-4-10(20-11(7)12(16)17)21(18,19)14-6-9-5-13-15(3)8(9)2/h4-5,14H,6H2,1-3H3,(H,16,17). The fraction of sp³-hybridized carbons (Fsp3) is 0.333. The van der Waals surface area contributed by atoms with Gasteiger partial charge in [-0.15, -0.1) is 11.3 Å². The van der Waals surface area contributed by atoms with Gasteiger partial charge in [0.05, 0.1) is 6.20 Å². The average molecular weight is 329 g/mol. The Labute approximate surface area is 126 Å². The highest BCUT2D eigenvalue weighted by Gasteiger charge is 2.21. The molecule has 21 heavy (non-hydrogen) atoms. The molecule has 114 valence electrons. The Hall–Kier alpha value is -1.71. The van der Waals surface area contributed by atoms with Crippen molar-refractivity contribution in [2.24, 2.45) is 7.05 Å². The van der Waals surface area contributed by atoms with Crippen LogP contribution in [0.25, 0.3) is 0 Å². The van der Waals surface area contributed by atoms with Gasteiger partial charge in [0.25, 0.3) is 0 Å². The predicted molar refractivity (Wildman–Crippen MR) is 78.0 cm³/mol. The van der Waals surface area contributed by atoms with E-state index >= 15 is 0 Å². The quantitative estimate of drug-likeness (QED) is 0.860. The van der Waals surface area contributed by atoms with Crippen molar-refractivity contribution >= 4 is 27.3 Å². The summed E-state index contributed by atoms with van der Waals surface area (Å²) < 4.78 is 28.5. The van der Waals surface area contributed by atoms with Crippen molar-refractivity contribution in [1.29, 1.82) is 0 Å². The molecule has 0 saturated carbocycles. The fourth-order valence-electron chi connectivity index (χ4n) is 1.76. The van der Waals surface area contributed by atoms with E-state index in [9.17, 15) is 13.2 Å². The Morgan fingerprint density at radius 3 is 2.62 bits per heavy atom. The molecule has 0 radical (unpaired) electrons. The number of nitrogens with zero attached hydrogens (tertiary/aromatic N) is 2. The third kappa shape index (κ3) is 3.14. The number of aromatic carboxylic acids is 1. The summed E-state index contributed by atoms with van der Waals surface area (Å²) >= 11 is 0.748. The second-order valence-electron chi connectivity index (χ2n) is 4.59. The Morgan fingerprint density at radius 1 is 1.48 bits per heavy atom. The Bertz CT molecular complexity index is 790. The zero-order valence-corrected chi connectivity index (χ0v) is 13.4. The van der Waals surface area contributed by atoms with Crippen LogP contribution >= 0.6 is 11.3 Å². The van der Waals surface area contributed by atoms with E-state index in [-0.39, 0.29) is 15.6 Å². The zero-order chi connectivity index (χ0) is 15.8. The van der Waals surface area contributed by atoms with Gasteiger partial charge in [0.2, 0.25) is 10.0 Å². The van der Waals surface area contributed by atoms with Crippen LogP contribution in [-0.2, 0) is 23.6 Å². The molecular formula is C12H15N3O4S2. The van der Waals surface area contributed by atoms with Crippen LogP contribution < -0.4 is 4.72 Å². The molecule has 9 heteroatoms. The monoisotopic (exact) mass is 329 g/mol.